The number of fused-ring (bicyclic) bond motifs is 1. The van der Waals surface area contributed by atoms with E-state index in [2.05, 4.69) is 53.9 Å². The lowest BCUT2D eigenvalue weighted by atomic mass is 9.49. The van der Waals surface area contributed by atoms with Gasteiger partial charge >= 0.3 is 0 Å². The Morgan fingerprint density at radius 2 is 1.87 bits per heavy atom. The van der Waals surface area contributed by atoms with Crippen LogP contribution in [0.4, 0.5) is 5.69 Å². The molecule has 0 bridgehead atoms. The average Bonchev–Trinajstić information content (AvgIpc) is 2.94. The third-order valence-electron chi connectivity index (χ3n) is 8.43. The second-order valence-corrected chi connectivity index (χ2v) is 11.7. The molecule has 3 aromatic rings. The first kappa shape index (κ1) is 25.9. The molecule has 1 aliphatic carbocycles. The van der Waals surface area contributed by atoms with Gasteiger partial charge in [0, 0.05) is 48.2 Å². The standard InChI is InChI=1S/C30H35N5O3/c1-29(2)27(34-26(37)23-9-8-21(17-33-23)35-14-11-19(18-36)12-15-35)30(3,4)28(29)38-24-10-7-20(16-31)25-22(24)6-5-13-32-25/h5-10,13,17,19,27-28,36H,11-12,14-15,18H2,1-4H3,(H,34,37). The molecule has 2 N–H and O–H groups in total. The zero-order chi connectivity index (χ0) is 27.1. The molecule has 198 valence electrons. The minimum absolute atomic E-state index is 0.130. The summed E-state index contributed by atoms with van der Waals surface area (Å²) in [4.78, 5) is 24.3. The van der Waals surface area contributed by atoms with E-state index in [4.69, 9.17) is 4.74 Å². The van der Waals surface area contributed by atoms with E-state index in [-0.39, 0.29) is 35.5 Å². The van der Waals surface area contributed by atoms with Crippen molar-refractivity contribution in [2.24, 2.45) is 16.7 Å². The number of pyridine rings is 2. The molecule has 3 heterocycles. The minimum Gasteiger partial charge on any atom is -0.488 e. The molecule has 0 spiro atoms. The highest BCUT2D eigenvalue weighted by molar-refractivity contribution is 5.93. The second kappa shape index (κ2) is 9.88. The Kier molecular flexibility index (Phi) is 6.74. The molecule has 8 nitrogen and oxygen atoms in total. The maximum Gasteiger partial charge on any atom is 0.270 e. The van der Waals surface area contributed by atoms with Gasteiger partial charge in [-0.15, -0.1) is 0 Å². The maximum absolute atomic E-state index is 13.2. The summed E-state index contributed by atoms with van der Waals surface area (Å²) in [7, 11) is 0. The van der Waals surface area contributed by atoms with Crippen LogP contribution in [0.2, 0.25) is 0 Å². The van der Waals surface area contributed by atoms with Crippen LogP contribution in [0.3, 0.4) is 0 Å². The normalized spacial score (nSPS) is 22.4. The van der Waals surface area contributed by atoms with Crippen molar-refractivity contribution in [3.8, 4) is 11.8 Å². The van der Waals surface area contributed by atoms with Crippen LogP contribution in [-0.4, -0.2) is 52.8 Å². The third kappa shape index (κ3) is 4.45. The summed E-state index contributed by atoms with van der Waals surface area (Å²) in [5, 5.41) is 22.8. The highest BCUT2D eigenvalue weighted by atomic mass is 16.5. The number of aromatic nitrogens is 2. The number of rotatable bonds is 6. The molecule has 2 fully saturated rings. The molecular formula is C30H35N5O3. The molecule has 0 unspecified atom stereocenters. The quantitative estimate of drug-likeness (QED) is 0.505. The van der Waals surface area contributed by atoms with Crippen molar-refractivity contribution < 1.29 is 14.6 Å². The number of nitriles is 1. The molecule has 1 saturated carbocycles. The van der Waals surface area contributed by atoms with E-state index in [9.17, 15) is 15.2 Å². The molecule has 2 aliphatic rings. The summed E-state index contributed by atoms with van der Waals surface area (Å²) in [6.07, 6.45) is 5.19. The Morgan fingerprint density at radius 3 is 2.50 bits per heavy atom. The first-order valence-corrected chi connectivity index (χ1v) is 13.2. The predicted molar refractivity (Wildman–Crippen MR) is 146 cm³/mol. The highest BCUT2D eigenvalue weighted by Gasteiger charge is 2.64. The molecule has 8 heteroatoms. The highest BCUT2D eigenvalue weighted by Crippen LogP contribution is 2.56. The first-order valence-electron chi connectivity index (χ1n) is 13.2. The smallest absolute Gasteiger partial charge is 0.270 e. The van der Waals surface area contributed by atoms with Gasteiger partial charge in [0.1, 0.15) is 23.6 Å². The lowest BCUT2D eigenvalue weighted by Crippen LogP contribution is -2.74. The number of ether oxygens (including phenoxy) is 1. The monoisotopic (exact) mass is 513 g/mol. The van der Waals surface area contributed by atoms with Crippen LogP contribution < -0.4 is 15.0 Å². The van der Waals surface area contributed by atoms with Crippen LogP contribution in [0.1, 0.15) is 56.6 Å². The van der Waals surface area contributed by atoms with Gasteiger partial charge in [-0.25, -0.2) is 4.98 Å². The fourth-order valence-electron chi connectivity index (χ4n) is 6.55. The number of hydrogen-bond acceptors (Lipinski definition) is 7. The van der Waals surface area contributed by atoms with Gasteiger partial charge in [0.25, 0.3) is 5.91 Å². The fraction of sp³-hybridized carbons (Fsp3) is 0.467. The summed E-state index contributed by atoms with van der Waals surface area (Å²) in [6, 6.07) is 13.1. The van der Waals surface area contributed by atoms with Crippen LogP contribution >= 0.6 is 0 Å². The van der Waals surface area contributed by atoms with E-state index in [0.29, 0.717) is 28.4 Å². The number of carbonyl (C=O) groups excluding carboxylic acids is 1. The number of amides is 1. The first-order chi connectivity index (χ1) is 18.2. The van der Waals surface area contributed by atoms with E-state index in [1.807, 2.05) is 24.3 Å². The third-order valence-corrected chi connectivity index (χ3v) is 8.43. The van der Waals surface area contributed by atoms with Gasteiger partial charge < -0.3 is 20.1 Å². The number of aliphatic hydroxyl groups is 1. The maximum atomic E-state index is 13.2. The summed E-state index contributed by atoms with van der Waals surface area (Å²) in [6.45, 7) is 10.4. The molecule has 5 rings (SSSR count). The van der Waals surface area contributed by atoms with Gasteiger partial charge in [-0.2, -0.15) is 5.26 Å². The molecule has 0 radical (unpaired) electrons. The van der Waals surface area contributed by atoms with Gasteiger partial charge in [-0.05, 0) is 55.2 Å². The number of anilines is 1. The number of nitrogens with one attached hydrogen (secondary N) is 1. The van der Waals surface area contributed by atoms with Crippen molar-refractivity contribution >= 4 is 22.5 Å². The van der Waals surface area contributed by atoms with Crippen LogP contribution in [0, 0.1) is 28.1 Å². The van der Waals surface area contributed by atoms with Gasteiger partial charge in [-0.1, -0.05) is 27.7 Å². The largest absolute Gasteiger partial charge is 0.488 e. The second-order valence-electron chi connectivity index (χ2n) is 11.7. The number of hydrogen-bond donors (Lipinski definition) is 2. The Morgan fingerprint density at radius 1 is 1.13 bits per heavy atom. The van der Waals surface area contributed by atoms with Crippen molar-refractivity contribution in [1.29, 1.82) is 5.26 Å². The van der Waals surface area contributed by atoms with Crippen LogP contribution in [0.5, 0.6) is 5.75 Å². The summed E-state index contributed by atoms with van der Waals surface area (Å²) in [5.74, 6) is 0.856. The fourth-order valence-corrected chi connectivity index (χ4v) is 6.55. The van der Waals surface area contributed by atoms with Crippen molar-refractivity contribution in [1.82, 2.24) is 15.3 Å². The number of aliphatic hydroxyl groups excluding tert-OH is 1. The van der Waals surface area contributed by atoms with E-state index in [1.54, 1.807) is 24.5 Å². The topological polar surface area (TPSA) is 111 Å². The van der Waals surface area contributed by atoms with Crippen molar-refractivity contribution in [3.63, 3.8) is 0 Å². The Balaban J connectivity index is 1.28. The van der Waals surface area contributed by atoms with Crippen molar-refractivity contribution in [3.05, 3.63) is 60.0 Å². The molecule has 1 amide bonds. The molecular weight excluding hydrogens is 478 g/mol. The zero-order valence-electron chi connectivity index (χ0n) is 22.4. The van der Waals surface area contributed by atoms with Crippen LogP contribution in [0.25, 0.3) is 10.9 Å². The summed E-state index contributed by atoms with van der Waals surface area (Å²) >= 11 is 0. The van der Waals surface area contributed by atoms with E-state index in [1.165, 1.54) is 0 Å². The van der Waals surface area contributed by atoms with E-state index < -0.39 is 0 Å². The van der Waals surface area contributed by atoms with Crippen molar-refractivity contribution in [2.45, 2.75) is 52.7 Å². The Bertz CT molecular complexity index is 1350. The lowest BCUT2D eigenvalue weighted by Gasteiger charge is -2.63. The Hall–Kier alpha value is -3.70. The molecule has 1 aromatic carbocycles. The molecule has 0 atom stereocenters. The molecule has 1 aliphatic heterocycles. The van der Waals surface area contributed by atoms with Gasteiger partial charge in [0.05, 0.1) is 23.0 Å². The predicted octanol–water partition coefficient (Wildman–Crippen LogP) is 4.32. The number of piperidine rings is 1. The number of carbonyl (C=O) groups is 1. The van der Waals surface area contributed by atoms with E-state index >= 15 is 0 Å². The van der Waals surface area contributed by atoms with Crippen LogP contribution in [-0.2, 0) is 0 Å². The van der Waals surface area contributed by atoms with Crippen molar-refractivity contribution in [2.75, 3.05) is 24.6 Å². The number of nitrogens with zero attached hydrogens (tertiary/aromatic N) is 4. The molecule has 2 aromatic heterocycles. The van der Waals surface area contributed by atoms with Gasteiger partial charge in [0.15, 0.2) is 0 Å². The lowest BCUT2D eigenvalue weighted by molar-refractivity contribution is -0.163. The molecule has 38 heavy (non-hydrogen) atoms. The zero-order valence-corrected chi connectivity index (χ0v) is 22.4. The Labute approximate surface area is 223 Å². The SMILES string of the molecule is CC1(C)C(NC(=O)c2ccc(N3CCC(CO)CC3)cn2)C(C)(C)C1Oc1ccc(C#N)c2ncccc12. The van der Waals surface area contributed by atoms with Crippen LogP contribution in [0.15, 0.2) is 48.8 Å². The average molecular weight is 514 g/mol. The van der Waals surface area contributed by atoms with E-state index in [0.717, 1.165) is 37.0 Å². The summed E-state index contributed by atoms with van der Waals surface area (Å²) < 4.78 is 6.57. The number of benzene rings is 1. The summed E-state index contributed by atoms with van der Waals surface area (Å²) in [5.41, 5.74) is 1.83. The molecule has 1 saturated heterocycles. The van der Waals surface area contributed by atoms with Gasteiger partial charge in [0.2, 0.25) is 0 Å². The van der Waals surface area contributed by atoms with Gasteiger partial charge in [-0.3, -0.25) is 9.78 Å². The minimum atomic E-state index is -0.349.